The average Bonchev–Trinajstić information content (AvgIpc) is 3.18. The van der Waals surface area contributed by atoms with E-state index in [-0.39, 0.29) is 11.9 Å². The van der Waals surface area contributed by atoms with Crippen LogP contribution in [0.15, 0.2) is 54.6 Å². The molecule has 2 heterocycles. The summed E-state index contributed by atoms with van der Waals surface area (Å²) in [6.07, 6.45) is 0. The zero-order chi connectivity index (χ0) is 23.6. The highest BCUT2D eigenvalue weighted by atomic mass is 35.5. The SMILES string of the molecule is COc1ccc(COc2nc3nc(Oc4ccc(C(C)(C)C(N)=O)cc4)[nH]c3cc2Cl)cc1. The van der Waals surface area contributed by atoms with Gasteiger partial charge in [0, 0.05) is 0 Å². The summed E-state index contributed by atoms with van der Waals surface area (Å²) in [6, 6.07) is 16.5. The molecule has 0 unspecified atom stereocenters. The zero-order valence-electron chi connectivity index (χ0n) is 18.4. The Morgan fingerprint density at radius 2 is 1.73 bits per heavy atom. The molecule has 170 valence electrons. The van der Waals surface area contributed by atoms with Crippen molar-refractivity contribution in [2.75, 3.05) is 7.11 Å². The van der Waals surface area contributed by atoms with Gasteiger partial charge in [-0.05, 0) is 55.3 Å². The van der Waals surface area contributed by atoms with E-state index in [2.05, 4.69) is 15.0 Å². The number of fused-ring (bicyclic) bond motifs is 1. The zero-order valence-corrected chi connectivity index (χ0v) is 19.1. The number of primary amides is 1. The molecular weight excluding hydrogens is 444 g/mol. The minimum absolute atomic E-state index is 0.253. The molecule has 0 radical (unpaired) electrons. The van der Waals surface area contributed by atoms with Crippen LogP contribution in [0.4, 0.5) is 0 Å². The first kappa shape index (κ1) is 22.4. The summed E-state index contributed by atoms with van der Waals surface area (Å²) in [5.41, 5.74) is 7.46. The van der Waals surface area contributed by atoms with Crippen molar-refractivity contribution in [3.05, 3.63) is 70.7 Å². The fourth-order valence-electron chi connectivity index (χ4n) is 3.10. The summed E-state index contributed by atoms with van der Waals surface area (Å²) >= 11 is 6.34. The van der Waals surface area contributed by atoms with Gasteiger partial charge in [0.25, 0.3) is 0 Å². The van der Waals surface area contributed by atoms with Crippen molar-refractivity contribution in [3.63, 3.8) is 0 Å². The second-order valence-corrected chi connectivity index (χ2v) is 8.35. The van der Waals surface area contributed by atoms with E-state index < -0.39 is 11.3 Å². The van der Waals surface area contributed by atoms with E-state index in [1.165, 1.54) is 0 Å². The number of carbonyl (C=O) groups excluding carboxylic acids is 1. The first-order chi connectivity index (χ1) is 15.8. The van der Waals surface area contributed by atoms with Gasteiger partial charge in [0.2, 0.25) is 11.8 Å². The minimum Gasteiger partial charge on any atom is -0.497 e. The number of amides is 1. The number of nitrogens with one attached hydrogen (secondary N) is 1. The summed E-state index contributed by atoms with van der Waals surface area (Å²) in [4.78, 5) is 23.5. The maximum Gasteiger partial charge on any atom is 0.301 e. The van der Waals surface area contributed by atoms with Gasteiger partial charge in [0.05, 0.1) is 18.0 Å². The van der Waals surface area contributed by atoms with Gasteiger partial charge in [-0.2, -0.15) is 9.97 Å². The van der Waals surface area contributed by atoms with E-state index >= 15 is 0 Å². The number of hydrogen-bond donors (Lipinski definition) is 2. The molecule has 4 aromatic rings. The number of aromatic nitrogens is 3. The molecule has 9 heteroatoms. The maximum absolute atomic E-state index is 11.6. The average molecular weight is 467 g/mol. The van der Waals surface area contributed by atoms with Crippen LogP contribution in [0.5, 0.6) is 23.4 Å². The van der Waals surface area contributed by atoms with Crippen molar-refractivity contribution in [2.24, 2.45) is 5.73 Å². The van der Waals surface area contributed by atoms with E-state index in [4.69, 9.17) is 31.5 Å². The maximum atomic E-state index is 11.6. The quantitative estimate of drug-likeness (QED) is 0.387. The fourth-order valence-corrected chi connectivity index (χ4v) is 3.30. The molecule has 0 saturated heterocycles. The number of nitrogens with two attached hydrogens (primary N) is 1. The van der Waals surface area contributed by atoms with Crippen LogP contribution in [0.25, 0.3) is 11.2 Å². The van der Waals surface area contributed by atoms with E-state index in [0.717, 1.165) is 16.9 Å². The molecule has 2 aromatic heterocycles. The van der Waals surface area contributed by atoms with Gasteiger partial charge < -0.3 is 24.9 Å². The molecule has 0 fully saturated rings. The number of methoxy groups -OCH3 is 1. The fraction of sp³-hybridized carbons (Fsp3) is 0.208. The molecule has 0 aliphatic carbocycles. The highest BCUT2D eigenvalue weighted by Gasteiger charge is 2.27. The van der Waals surface area contributed by atoms with Crippen molar-refractivity contribution in [1.82, 2.24) is 15.0 Å². The van der Waals surface area contributed by atoms with Crippen molar-refractivity contribution in [1.29, 1.82) is 0 Å². The summed E-state index contributed by atoms with van der Waals surface area (Å²) in [6.45, 7) is 3.84. The lowest BCUT2D eigenvalue weighted by Gasteiger charge is -2.20. The van der Waals surface area contributed by atoms with Gasteiger partial charge >= 0.3 is 6.01 Å². The van der Waals surface area contributed by atoms with E-state index in [1.54, 1.807) is 51.3 Å². The number of carbonyl (C=O) groups is 1. The third-order valence-corrected chi connectivity index (χ3v) is 5.58. The number of benzene rings is 2. The van der Waals surface area contributed by atoms with Crippen LogP contribution in [0.2, 0.25) is 5.02 Å². The molecule has 3 N–H and O–H groups in total. The highest BCUT2D eigenvalue weighted by Crippen LogP contribution is 2.30. The number of halogens is 1. The molecular formula is C24H23ClN4O4. The van der Waals surface area contributed by atoms with E-state index in [1.807, 2.05) is 24.3 Å². The smallest absolute Gasteiger partial charge is 0.301 e. The number of imidazole rings is 1. The molecule has 1 amide bonds. The first-order valence-corrected chi connectivity index (χ1v) is 10.5. The molecule has 2 aromatic carbocycles. The lowest BCUT2D eigenvalue weighted by Crippen LogP contribution is -2.35. The van der Waals surface area contributed by atoms with Crippen LogP contribution in [0.1, 0.15) is 25.0 Å². The normalized spacial score (nSPS) is 11.4. The van der Waals surface area contributed by atoms with Gasteiger partial charge in [0.15, 0.2) is 5.65 Å². The predicted molar refractivity (Wildman–Crippen MR) is 125 cm³/mol. The lowest BCUT2D eigenvalue weighted by molar-refractivity contribution is -0.122. The van der Waals surface area contributed by atoms with Gasteiger partial charge in [-0.3, -0.25) is 4.79 Å². The largest absolute Gasteiger partial charge is 0.497 e. The first-order valence-electron chi connectivity index (χ1n) is 10.2. The van der Waals surface area contributed by atoms with Crippen LogP contribution in [-0.4, -0.2) is 28.0 Å². The Hall–Kier alpha value is -3.78. The van der Waals surface area contributed by atoms with Crippen LogP contribution < -0.4 is 19.9 Å². The van der Waals surface area contributed by atoms with Gasteiger partial charge in [-0.25, -0.2) is 0 Å². The summed E-state index contributed by atoms with van der Waals surface area (Å²) < 4.78 is 16.7. The third kappa shape index (κ3) is 4.85. The summed E-state index contributed by atoms with van der Waals surface area (Å²) in [7, 11) is 1.62. The number of rotatable bonds is 8. The summed E-state index contributed by atoms with van der Waals surface area (Å²) in [5, 5.41) is 0.351. The van der Waals surface area contributed by atoms with Crippen molar-refractivity contribution >= 4 is 28.7 Å². The van der Waals surface area contributed by atoms with Crippen molar-refractivity contribution in [3.8, 4) is 23.4 Å². The second-order valence-electron chi connectivity index (χ2n) is 7.94. The Kier molecular flexibility index (Phi) is 6.11. The number of pyridine rings is 1. The standard InChI is InChI=1S/C24H23ClN4O4/c1-24(2,22(26)30)15-6-10-17(11-7-15)33-23-27-19-12-18(25)21(28-20(19)29-23)32-13-14-4-8-16(31-3)9-5-14/h4-12H,13H2,1-3H3,(H2,26,30)(H,27,28,29). The molecule has 4 rings (SSSR count). The van der Waals surface area contributed by atoms with Crippen LogP contribution in [-0.2, 0) is 16.8 Å². The second kappa shape index (κ2) is 8.99. The third-order valence-electron chi connectivity index (χ3n) is 5.31. The molecule has 0 aliphatic heterocycles. The molecule has 0 spiro atoms. The minimum atomic E-state index is -0.777. The predicted octanol–water partition coefficient (Wildman–Crippen LogP) is 4.75. The van der Waals surface area contributed by atoms with E-state index in [0.29, 0.717) is 28.5 Å². The molecule has 33 heavy (non-hydrogen) atoms. The Morgan fingerprint density at radius 1 is 1.06 bits per heavy atom. The lowest BCUT2D eigenvalue weighted by atomic mass is 9.84. The van der Waals surface area contributed by atoms with E-state index in [9.17, 15) is 4.79 Å². The number of hydrogen-bond acceptors (Lipinski definition) is 6. The van der Waals surface area contributed by atoms with Crippen LogP contribution in [0, 0.1) is 0 Å². The number of H-pyrrole nitrogens is 1. The van der Waals surface area contributed by atoms with Gasteiger partial charge in [-0.15, -0.1) is 0 Å². The number of aromatic amines is 1. The Labute approximate surface area is 195 Å². The summed E-state index contributed by atoms with van der Waals surface area (Å²) in [5.74, 6) is 1.18. The van der Waals surface area contributed by atoms with Gasteiger partial charge in [-0.1, -0.05) is 35.9 Å². The molecule has 0 aliphatic rings. The molecule has 0 bridgehead atoms. The monoisotopic (exact) mass is 466 g/mol. The highest BCUT2D eigenvalue weighted by molar-refractivity contribution is 6.32. The molecule has 0 atom stereocenters. The van der Waals surface area contributed by atoms with Crippen LogP contribution in [0.3, 0.4) is 0 Å². The Balaban J connectivity index is 1.48. The molecule has 8 nitrogen and oxygen atoms in total. The molecule has 0 saturated carbocycles. The Morgan fingerprint density at radius 3 is 2.36 bits per heavy atom. The number of ether oxygens (including phenoxy) is 3. The van der Waals surface area contributed by atoms with Crippen molar-refractivity contribution in [2.45, 2.75) is 25.9 Å². The van der Waals surface area contributed by atoms with Crippen molar-refractivity contribution < 1.29 is 19.0 Å². The number of nitrogens with zero attached hydrogens (tertiary/aromatic N) is 2. The Bertz CT molecular complexity index is 1280. The van der Waals surface area contributed by atoms with Gasteiger partial charge in [0.1, 0.15) is 23.1 Å². The van der Waals surface area contributed by atoms with Crippen LogP contribution >= 0.6 is 11.6 Å². The topological polar surface area (TPSA) is 112 Å².